The molecule has 1 heterocycles. The third-order valence-electron chi connectivity index (χ3n) is 1.90. The van der Waals surface area contributed by atoms with Gasteiger partial charge in [0.15, 0.2) is 0 Å². The smallest absolute Gasteiger partial charge is 0.310 e. The maximum atomic E-state index is 11.1. The van der Waals surface area contributed by atoms with Crippen LogP contribution in [-0.2, 0) is 9.53 Å². The van der Waals surface area contributed by atoms with Crippen LogP contribution in [0.15, 0.2) is 5.29 Å². The molecule has 12 heavy (non-hydrogen) atoms. The number of ether oxygens (including phenoxy) is 1. The number of rotatable bonds is 3. The molecule has 5 heteroatoms. The van der Waals surface area contributed by atoms with Crippen molar-refractivity contribution < 1.29 is 9.53 Å². The molecular formula is C7H12N2O3. The summed E-state index contributed by atoms with van der Waals surface area (Å²) in [5.74, 6) is -0.383. The second-order valence-electron chi connectivity index (χ2n) is 2.73. The van der Waals surface area contributed by atoms with Crippen molar-refractivity contribution in [1.82, 2.24) is 5.01 Å². The number of esters is 1. The first-order chi connectivity index (χ1) is 5.77. The minimum Gasteiger partial charge on any atom is -0.466 e. The molecule has 1 saturated heterocycles. The van der Waals surface area contributed by atoms with Gasteiger partial charge in [0.1, 0.15) is 0 Å². The van der Waals surface area contributed by atoms with E-state index in [2.05, 4.69) is 5.29 Å². The molecule has 1 atom stereocenters. The Morgan fingerprint density at radius 1 is 1.75 bits per heavy atom. The molecule has 0 spiro atoms. The van der Waals surface area contributed by atoms with E-state index in [0.717, 1.165) is 0 Å². The highest BCUT2D eigenvalue weighted by atomic mass is 16.5. The average molecular weight is 172 g/mol. The van der Waals surface area contributed by atoms with E-state index in [1.807, 2.05) is 0 Å². The number of hydrogen-bond donors (Lipinski definition) is 0. The van der Waals surface area contributed by atoms with E-state index in [1.54, 1.807) is 6.92 Å². The van der Waals surface area contributed by atoms with Crippen molar-refractivity contribution in [2.24, 2.45) is 11.2 Å². The van der Waals surface area contributed by atoms with Crippen molar-refractivity contribution in [3.8, 4) is 0 Å². The van der Waals surface area contributed by atoms with Gasteiger partial charge in [-0.05, 0) is 13.3 Å². The van der Waals surface area contributed by atoms with Crippen LogP contribution >= 0.6 is 0 Å². The Balaban J connectivity index is 2.35. The molecule has 0 radical (unpaired) electrons. The number of carbonyl (C=O) groups excluding carboxylic acids is 1. The van der Waals surface area contributed by atoms with Crippen LogP contribution in [0.2, 0.25) is 0 Å². The molecule has 0 aliphatic carbocycles. The van der Waals surface area contributed by atoms with Gasteiger partial charge in [-0.15, -0.1) is 4.91 Å². The lowest BCUT2D eigenvalue weighted by Gasteiger charge is -2.07. The SMILES string of the molecule is CCOC(=O)C1CCN(N=O)C1. The van der Waals surface area contributed by atoms with Gasteiger partial charge in [-0.25, -0.2) is 0 Å². The topological polar surface area (TPSA) is 59.0 Å². The number of carbonyl (C=O) groups is 1. The molecule has 1 unspecified atom stereocenters. The van der Waals surface area contributed by atoms with Crippen molar-refractivity contribution in [2.75, 3.05) is 19.7 Å². The minimum absolute atomic E-state index is 0.164. The Labute approximate surface area is 70.6 Å². The monoisotopic (exact) mass is 172 g/mol. The average Bonchev–Trinajstić information content (AvgIpc) is 2.52. The molecule has 0 aromatic heterocycles. The predicted molar refractivity (Wildman–Crippen MR) is 42.1 cm³/mol. The number of hydrogen-bond acceptors (Lipinski definition) is 4. The van der Waals surface area contributed by atoms with Gasteiger partial charge in [0, 0.05) is 6.54 Å². The van der Waals surface area contributed by atoms with Gasteiger partial charge >= 0.3 is 5.97 Å². The third kappa shape index (κ3) is 1.93. The minimum atomic E-state index is -0.219. The Morgan fingerprint density at radius 2 is 2.50 bits per heavy atom. The zero-order valence-electron chi connectivity index (χ0n) is 7.02. The van der Waals surface area contributed by atoms with Crippen LogP contribution in [0, 0.1) is 10.8 Å². The molecular weight excluding hydrogens is 160 g/mol. The lowest BCUT2D eigenvalue weighted by Crippen LogP contribution is -2.20. The largest absolute Gasteiger partial charge is 0.466 e. The Kier molecular flexibility index (Phi) is 3.01. The molecule has 0 aromatic carbocycles. The lowest BCUT2D eigenvalue weighted by atomic mass is 10.1. The van der Waals surface area contributed by atoms with Crippen molar-refractivity contribution in [3.63, 3.8) is 0 Å². The summed E-state index contributed by atoms with van der Waals surface area (Å²) in [5.41, 5.74) is 0. The summed E-state index contributed by atoms with van der Waals surface area (Å²) in [7, 11) is 0. The maximum Gasteiger partial charge on any atom is 0.310 e. The maximum absolute atomic E-state index is 11.1. The molecule has 0 N–H and O–H groups in total. The fourth-order valence-electron chi connectivity index (χ4n) is 1.27. The van der Waals surface area contributed by atoms with Crippen LogP contribution in [0.3, 0.4) is 0 Å². The van der Waals surface area contributed by atoms with Crippen LogP contribution in [0.25, 0.3) is 0 Å². The first kappa shape index (κ1) is 8.96. The highest BCUT2D eigenvalue weighted by Crippen LogP contribution is 2.17. The summed E-state index contributed by atoms with van der Waals surface area (Å²) < 4.78 is 4.81. The van der Waals surface area contributed by atoms with Crippen LogP contribution in [0.1, 0.15) is 13.3 Å². The molecule has 5 nitrogen and oxygen atoms in total. The third-order valence-corrected chi connectivity index (χ3v) is 1.90. The van der Waals surface area contributed by atoms with E-state index in [9.17, 15) is 9.70 Å². The van der Waals surface area contributed by atoms with Gasteiger partial charge in [0.2, 0.25) is 0 Å². The van der Waals surface area contributed by atoms with Gasteiger partial charge in [0.05, 0.1) is 24.4 Å². The summed E-state index contributed by atoms with van der Waals surface area (Å²) in [6.07, 6.45) is 0.671. The second-order valence-corrected chi connectivity index (χ2v) is 2.73. The standard InChI is InChI=1S/C7H12N2O3/c1-2-12-7(10)6-3-4-9(5-6)8-11/h6H,2-5H2,1H3. The highest BCUT2D eigenvalue weighted by Gasteiger charge is 2.29. The second kappa shape index (κ2) is 4.04. The fraction of sp³-hybridized carbons (Fsp3) is 0.857. The van der Waals surface area contributed by atoms with Gasteiger partial charge in [-0.3, -0.25) is 9.80 Å². The van der Waals surface area contributed by atoms with Crippen molar-refractivity contribution >= 4 is 5.97 Å². The highest BCUT2D eigenvalue weighted by molar-refractivity contribution is 5.73. The lowest BCUT2D eigenvalue weighted by molar-refractivity contribution is -0.147. The first-order valence-corrected chi connectivity index (χ1v) is 4.02. The molecule has 1 aliphatic rings. The van der Waals surface area contributed by atoms with Gasteiger partial charge in [-0.1, -0.05) is 0 Å². The fourth-order valence-corrected chi connectivity index (χ4v) is 1.27. The number of nitrogens with zero attached hydrogens (tertiary/aromatic N) is 2. The molecule has 68 valence electrons. The van der Waals surface area contributed by atoms with Crippen LogP contribution in [0.4, 0.5) is 0 Å². The van der Waals surface area contributed by atoms with Crippen molar-refractivity contribution in [2.45, 2.75) is 13.3 Å². The molecule has 0 saturated carbocycles. The van der Waals surface area contributed by atoms with Crippen LogP contribution < -0.4 is 0 Å². The summed E-state index contributed by atoms with van der Waals surface area (Å²) in [4.78, 5) is 21.2. The molecule has 0 amide bonds. The van der Waals surface area contributed by atoms with Gasteiger partial charge < -0.3 is 4.74 Å². The van der Waals surface area contributed by atoms with E-state index in [0.29, 0.717) is 26.1 Å². The summed E-state index contributed by atoms with van der Waals surface area (Å²) >= 11 is 0. The normalized spacial score (nSPS) is 22.4. The van der Waals surface area contributed by atoms with Crippen LogP contribution in [-0.4, -0.2) is 30.7 Å². The van der Waals surface area contributed by atoms with Crippen LogP contribution in [0.5, 0.6) is 0 Å². The zero-order valence-corrected chi connectivity index (χ0v) is 7.02. The molecule has 1 aliphatic heterocycles. The molecule has 1 fully saturated rings. The van der Waals surface area contributed by atoms with Crippen molar-refractivity contribution in [3.05, 3.63) is 4.91 Å². The Hall–Kier alpha value is -1.13. The summed E-state index contributed by atoms with van der Waals surface area (Å²) in [6, 6.07) is 0. The Morgan fingerprint density at radius 3 is 3.00 bits per heavy atom. The van der Waals surface area contributed by atoms with Gasteiger partial charge in [-0.2, -0.15) is 0 Å². The predicted octanol–water partition coefficient (Wildman–Crippen LogP) is 0.553. The van der Waals surface area contributed by atoms with E-state index < -0.39 is 0 Å². The molecule has 0 bridgehead atoms. The van der Waals surface area contributed by atoms with E-state index in [4.69, 9.17) is 4.74 Å². The summed E-state index contributed by atoms with van der Waals surface area (Å²) in [6.45, 7) is 3.13. The first-order valence-electron chi connectivity index (χ1n) is 4.02. The van der Waals surface area contributed by atoms with E-state index in [-0.39, 0.29) is 11.9 Å². The zero-order chi connectivity index (χ0) is 8.97. The number of nitroso groups, excluding NO2 is 1. The molecule has 1 rings (SSSR count). The summed E-state index contributed by atoms with van der Waals surface area (Å²) in [5, 5.41) is 4.10. The van der Waals surface area contributed by atoms with E-state index >= 15 is 0 Å². The molecule has 0 aromatic rings. The Bertz CT molecular complexity index is 183. The van der Waals surface area contributed by atoms with E-state index in [1.165, 1.54) is 5.01 Å². The quantitative estimate of drug-likeness (QED) is 0.461. The van der Waals surface area contributed by atoms with Crippen molar-refractivity contribution in [1.29, 1.82) is 0 Å². The van der Waals surface area contributed by atoms with Gasteiger partial charge in [0.25, 0.3) is 0 Å².